The van der Waals surface area contributed by atoms with Gasteiger partial charge in [-0.1, -0.05) is 106 Å². The van der Waals surface area contributed by atoms with Crippen LogP contribution in [0.5, 0.6) is 0 Å². The number of rotatable bonds is 14. The Balaban J connectivity index is 0.000000225. The first-order valence-electron chi connectivity index (χ1n) is 24.1. The second kappa shape index (κ2) is 28.5. The summed E-state index contributed by atoms with van der Waals surface area (Å²) in [6.45, 7) is 8.58. The molecule has 420 valence electrons. The molecule has 0 bridgehead atoms. The Labute approximate surface area is 482 Å². The summed E-state index contributed by atoms with van der Waals surface area (Å²) in [6.07, 6.45) is -5.87. The van der Waals surface area contributed by atoms with Crippen LogP contribution in [0, 0.1) is 0 Å². The molecule has 0 spiro atoms. The minimum Gasteiger partial charge on any atom is -0.390 e. The van der Waals surface area contributed by atoms with Gasteiger partial charge in [0.2, 0.25) is 17.8 Å². The summed E-state index contributed by atoms with van der Waals surface area (Å²) in [5.74, 6) is 2.09. The van der Waals surface area contributed by atoms with E-state index in [2.05, 4.69) is 65.4 Å². The van der Waals surface area contributed by atoms with E-state index in [1.807, 2.05) is 14.7 Å². The molecular formula is C47H54Cl7F3N18O3. The van der Waals surface area contributed by atoms with Crippen LogP contribution in [0.25, 0.3) is 33.8 Å². The number of alkyl halides is 4. The number of hydrogen-bond donors (Lipinski definition) is 6. The average Bonchev–Trinajstić information content (AvgIpc) is 3.47. The lowest BCUT2D eigenvalue weighted by atomic mass is 10.1. The van der Waals surface area contributed by atoms with E-state index in [9.17, 15) is 18.3 Å². The van der Waals surface area contributed by atoms with Crippen LogP contribution in [-0.2, 0) is 4.74 Å². The second-order valence-electron chi connectivity index (χ2n) is 17.7. The molecule has 0 unspecified atom stereocenters. The normalized spacial score (nSPS) is 15.9. The zero-order chi connectivity index (χ0) is 56.1. The Morgan fingerprint density at radius 2 is 0.872 bits per heavy atom. The molecule has 1 atom stereocenters. The number of nitrogens with two attached hydrogens (primary N) is 3. The van der Waals surface area contributed by atoms with Gasteiger partial charge in [-0.3, -0.25) is 9.80 Å². The lowest BCUT2D eigenvalue weighted by Crippen LogP contribution is -2.53. The molecule has 0 saturated carbocycles. The maximum Gasteiger partial charge on any atom is 0.411 e. The van der Waals surface area contributed by atoms with Gasteiger partial charge in [-0.05, 0) is 18.2 Å². The zero-order valence-electron chi connectivity index (χ0n) is 41.4. The zero-order valence-corrected chi connectivity index (χ0v) is 46.7. The van der Waals surface area contributed by atoms with E-state index in [0.29, 0.717) is 127 Å². The van der Waals surface area contributed by atoms with Crippen molar-refractivity contribution in [2.24, 2.45) is 0 Å². The molecule has 3 aromatic heterocycles. The fourth-order valence-electron chi connectivity index (χ4n) is 8.16. The smallest absolute Gasteiger partial charge is 0.390 e. The lowest BCUT2D eigenvalue weighted by molar-refractivity contribution is -0.178. The van der Waals surface area contributed by atoms with Gasteiger partial charge in [-0.15, -0.1) is 42.2 Å². The molecule has 9 rings (SSSR count). The molecule has 3 aliphatic rings. The monoisotopic (exact) mass is 1220 g/mol. The maximum atomic E-state index is 11.4. The Hall–Kier alpha value is -4.93. The van der Waals surface area contributed by atoms with Crippen LogP contribution in [0.1, 0.15) is 0 Å². The maximum absolute atomic E-state index is 11.4. The van der Waals surface area contributed by atoms with Crippen molar-refractivity contribution in [1.82, 2.24) is 60.7 Å². The van der Waals surface area contributed by atoms with Crippen molar-refractivity contribution in [3.8, 4) is 33.8 Å². The van der Waals surface area contributed by atoms with Crippen molar-refractivity contribution in [3.63, 3.8) is 0 Å². The van der Waals surface area contributed by atoms with Crippen LogP contribution in [0.3, 0.4) is 0 Å². The third-order valence-corrected chi connectivity index (χ3v) is 14.9. The minimum atomic E-state index is -4.34. The first kappa shape index (κ1) is 60.7. The van der Waals surface area contributed by atoms with Gasteiger partial charge in [-0.2, -0.15) is 28.1 Å². The predicted molar refractivity (Wildman–Crippen MR) is 301 cm³/mol. The largest absolute Gasteiger partial charge is 0.411 e. The Morgan fingerprint density at radius 3 is 1.19 bits per heavy atom. The predicted octanol–water partition coefficient (Wildman–Crippen LogP) is 6.48. The van der Waals surface area contributed by atoms with E-state index in [4.69, 9.17) is 104 Å². The number of aromatic nitrogens is 9. The number of nitrogen functional groups attached to an aromatic ring is 3. The van der Waals surface area contributed by atoms with Gasteiger partial charge >= 0.3 is 6.18 Å². The summed E-state index contributed by atoms with van der Waals surface area (Å²) in [5, 5.41) is 50.7. The molecule has 3 aromatic carbocycles. The fourth-order valence-corrected chi connectivity index (χ4v) is 9.42. The average molecular weight is 1220 g/mol. The van der Waals surface area contributed by atoms with Crippen LogP contribution >= 0.6 is 81.2 Å². The van der Waals surface area contributed by atoms with Gasteiger partial charge in [0.15, 0.2) is 17.5 Å². The van der Waals surface area contributed by atoms with Crippen LogP contribution < -0.4 is 37.2 Å². The first-order chi connectivity index (χ1) is 37.3. The molecule has 6 heterocycles. The Bertz CT molecular complexity index is 2820. The molecule has 3 saturated heterocycles. The molecule has 78 heavy (non-hydrogen) atoms. The van der Waals surface area contributed by atoms with Crippen molar-refractivity contribution in [2.45, 2.75) is 18.4 Å². The summed E-state index contributed by atoms with van der Waals surface area (Å²) in [4.78, 5) is 23.9. The second-order valence-corrected chi connectivity index (χ2v) is 20.4. The molecule has 31 heteroatoms. The number of halogens is 10. The number of piperazine rings is 3. The van der Waals surface area contributed by atoms with Crippen molar-refractivity contribution >= 4 is 117 Å². The van der Waals surface area contributed by atoms with Gasteiger partial charge in [-0.25, -0.2) is 0 Å². The molecule has 9 N–H and O–H groups in total. The molecule has 3 fully saturated rings. The molecular weight excluding hydrogens is 1170 g/mol. The van der Waals surface area contributed by atoms with E-state index in [0.717, 1.165) is 52.4 Å². The van der Waals surface area contributed by atoms with Gasteiger partial charge in [0, 0.05) is 108 Å². The van der Waals surface area contributed by atoms with Gasteiger partial charge in [0.05, 0.1) is 54.8 Å². The van der Waals surface area contributed by atoms with Gasteiger partial charge in [0.25, 0.3) is 0 Å². The third-order valence-electron chi connectivity index (χ3n) is 12.1. The Morgan fingerprint density at radius 1 is 0.526 bits per heavy atom. The highest BCUT2D eigenvalue weighted by Crippen LogP contribution is 2.37. The van der Waals surface area contributed by atoms with Crippen LogP contribution in [0.2, 0.25) is 30.1 Å². The Kier molecular flexibility index (Phi) is 22.2. The number of nitrogens with zero attached hydrogens (tertiary/aromatic N) is 14. The number of ether oxygens (including phenoxy) is 1. The summed E-state index contributed by atoms with van der Waals surface area (Å²) in [5.41, 5.74) is 21.5. The summed E-state index contributed by atoms with van der Waals surface area (Å²) >= 11 is 42.2. The van der Waals surface area contributed by atoms with E-state index in [-0.39, 0.29) is 24.1 Å². The molecule has 3 aliphatic heterocycles. The van der Waals surface area contributed by atoms with Crippen LogP contribution in [-0.4, -0.2) is 195 Å². The standard InChI is InChI=1S/C29H32Cl4N12O.C13H14Cl2N6.C5H8ClF3O2/c30-20-5-1-3-18(22(20)32)24-26(34)36-28(40-38-24)44-11-7-42(8-12-44)15-17(46)16-43-9-13-45(14-10-43)29-37-27(35)25(39-41-29)19-4-2-6-21(31)23(19)33;14-9-3-1-2-8(10(9)15)11-12(16)18-13(20-19-11)21-6-4-17-5-7-21;6-1-4(10)2-11-3-5(7,8)9/h1-6,17,46H,7-16H2,(H2,34,36,40)(H2,35,37,41);1-3,17H,4-7H2,(H2,16,18,20);4,10H,1-3H2/t;;4-/m..0/s1. The molecule has 0 amide bonds. The van der Waals surface area contributed by atoms with Crippen molar-refractivity contribution in [3.05, 3.63) is 84.7 Å². The number of nitrogens with one attached hydrogen (secondary N) is 1. The highest BCUT2D eigenvalue weighted by Gasteiger charge is 2.29. The molecule has 0 aliphatic carbocycles. The first-order valence-corrected chi connectivity index (χ1v) is 26.9. The molecule has 6 aromatic rings. The summed E-state index contributed by atoms with van der Waals surface area (Å²) in [6, 6.07) is 15.8. The van der Waals surface area contributed by atoms with Gasteiger partial charge in [0.1, 0.15) is 23.7 Å². The van der Waals surface area contributed by atoms with Crippen LogP contribution in [0.15, 0.2) is 54.6 Å². The minimum absolute atomic E-state index is 0.127. The van der Waals surface area contributed by atoms with E-state index < -0.39 is 25.0 Å². The number of aliphatic hydroxyl groups excluding tert-OH is 2. The summed E-state index contributed by atoms with van der Waals surface area (Å²) < 4.78 is 38.2. The van der Waals surface area contributed by atoms with Gasteiger partial charge < -0.3 is 52.2 Å². The van der Waals surface area contributed by atoms with Crippen molar-refractivity contribution in [2.75, 3.05) is 143 Å². The highest BCUT2D eigenvalue weighted by atomic mass is 35.5. The quantitative estimate of drug-likeness (QED) is 0.0637. The van der Waals surface area contributed by atoms with E-state index in [1.165, 1.54) is 0 Å². The van der Waals surface area contributed by atoms with E-state index in [1.54, 1.807) is 54.6 Å². The topological polar surface area (TPSA) is 272 Å². The lowest BCUT2D eigenvalue weighted by Gasteiger charge is -2.38. The number of β-amino-alcohol motifs (C(OH)–C–C–N with tert-alkyl or cyclic N) is 1. The number of hydrogen-bond acceptors (Lipinski definition) is 21. The van der Waals surface area contributed by atoms with Crippen molar-refractivity contribution in [1.29, 1.82) is 0 Å². The fraction of sp³-hybridized carbons (Fsp3) is 0.426. The summed E-state index contributed by atoms with van der Waals surface area (Å²) in [7, 11) is 0. The van der Waals surface area contributed by atoms with E-state index >= 15 is 0 Å². The SMILES string of the molecule is Nc1nc(N2CCN(CC(O)CN3CCN(c4nnc(-c5cccc(Cl)c5Cl)c(N)n4)CC3)CC2)nnc1-c1cccc(Cl)c1Cl.Nc1nc(N2CCNCC2)nnc1-c1cccc(Cl)c1Cl.O[C@@H](CCl)COCC(F)(F)F. The number of benzene rings is 3. The molecule has 0 radical (unpaired) electrons. The number of aliphatic hydroxyl groups is 2. The van der Waals surface area contributed by atoms with Crippen LogP contribution in [0.4, 0.5) is 48.5 Å². The highest BCUT2D eigenvalue weighted by molar-refractivity contribution is 6.45. The third kappa shape index (κ3) is 16.6. The number of anilines is 6. The van der Waals surface area contributed by atoms with Crippen molar-refractivity contribution < 1.29 is 28.1 Å². The molecule has 21 nitrogen and oxygen atoms in total.